The number of benzene rings is 2. The van der Waals surface area contributed by atoms with E-state index in [1.807, 2.05) is 18.2 Å². The molecule has 2 aromatic rings. The van der Waals surface area contributed by atoms with Crippen LogP contribution in [0.25, 0.3) is 11.1 Å². The number of carbonyl (C=O) groups is 3. The average Bonchev–Trinajstić information content (AvgIpc) is 3.07. The Morgan fingerprint density at radius 2 is 1.63 bits per heavy atom. The fraction of sp³-hybridized carbons (Fsp3) is 0.348. The molecule has 7 heteroatoms. The van der Waals surface area contributed by atoms with Gasteiger partial charge in [-0.15, -0.1) is 5.06 Å². The van der Waals surface area contributed by atoms with E-state index in [1.165, 1.54) is 6.42 Å². The maximum atomic E-state index is 12.4. The second-order valence-corrected chi connectivity index (χ2v) is 7.65. The first-order valence-corrected chi connectivity index (χ1v) is 10.3. The van der Waals surface area contributed by atoms with Crippen LogP contribution in [0.15, 0.2) is 42.5 Å². The molecule has 2 fully saturated rings. The lowest BCUT2D eigenvalue weighted by Crippen LogP contribution is -2.34. The SMILES string of the molecule is Cc1cccc(N2CCCCC2)c1-c1ccccc1NC(=O)ON1C(=O)CCC1=O. The Kier molecular flexibility index (Phi) is 5.70. The molecule has 0 atom stereocenters. The highest BCUT2D eigenvalue weighted by molar-refractivity contribution is 6.02. The maximum Gasteiger partial charge on any atom is 0.436 e. The van der Waals surface area contributed by atoms with Crippen LogP contribution in [0.3, 0.4) is 0 Å². The van der Waals surface area contributed by atoms with Crippen LogP contribution in [-0.2, 0) is 14.4 Å². The van der Waals surface area contributed by atoms with Crippen LogP contribution < -0.4 is 10.2 Å². The summed E-state index contributed by atoms with van der Waals surface area (Å²) < 4.78 is 0. The summed E-state index contributed by atoms with van der Waals surface area (Å²) in [6, 6.07) is 13.7. The molecule has 4 rings (SSSR count). The first-order valence-electron chi connectivity index (χ1n) is 10.3. The highest BCUT2D eigenvalue weighted by Gasteiger charge is 2.33. The van der Waals surface area contributed by atoms with Gasteiger partial charge in [0.25, 0.3) is 11.8 Å². The second kappa shape index (κ2) is 8.57. The van der Waals surface area contributed by atoms with Crippen LogP contribution in [0.5, 0.6) is 0 Å². The number of nitrogens with zero attached hydrogens (tertiary/aromatic N) is 2. The first kappa shape index (κ1) is 19.9. The summed E-state index contributed by atoms with van der Waals surface area (Å²) in [4.78, 5) is 43.2. The summed E-state index contributed by atoms with van der Waals surface area (Å²) >= 11 is 0. The highest BCUT2D eigenvalue weighted by Crippen LogP contribution is 2.39. The number of piperidine rings is 1. The van der Waals surface area contributed by atoms with Gasteiger partial charge in [-0.05, 0) is 43.9 Å². The fourth-order valence-electron chi connectivity index (χ4n) is 4.08. The van der Waals surface area contributed by atoms with E-state index >= 15 is 0 Å². The topological polar surface area (TPSA) is 79.0 Å². The minimum atomic E-state index is -0.862. The number of imide groups is 1. The molecule has 0 aliphatic carbocycles. The van der Waals surface area contributed by atoms with Gasteiger partial charge in [0.15, 0.2) is 0 Å². The zero-order valence-electron chi connectivity index (χ0n) is 17.0. The predicted octanol–water partition coefficient (Wildman–Crippen LogP) is 4.26. The molecule has 0 radical (unpaired) electrons. The molecule has 2 saturated heterocycles. The van der Waals surface area contributed by atoms with Gasteiger partial charge in [-0.3, -0.25) is 14.9 Å². The molecule has 2 aliphatic rings. The van der Waals surface area contributed by atoms with Crippen LogP contribution >= 0.6 is 0 Å². The van der Waals surface area contributed by atoms with Crippen molar-refractivity contribution >= 4 is 29.3 Å². The van der Waals surface area contributed by atoms with E-state index in [2.05, 4.69) is 35.3 Å². The Hall–Kier alpha value is -3.35. The van der Waals surface area contributed by atoms with Crippen LogP contribution in [0.2, 0.25) is 0 Å². The largest absolute Gasteiger partial charge is 0.436 e. The number of aryl methyl sites for hydroxylation is 1. The minimum absolute atomic E-state index is 0.0606. The van der Waals surface area contributed by atoms with Crippen LogP contribution in [0.1, 0.15) is 37.7 Å². The van der Waals surface area contributed by atoms with Gasteiger partial charge in [-0.1, -0.05) is 30.3 Å². The number of hydroxylamine groups is 2. The molecule has 0 spiro atoms. The summed E-state index contributed by atoms with van der Waals surface area (Å²) in [6.07, 6.45) is 2.83. The normalized spacial score (nSPS) is 16.7. The van der Waals surface area contributed by atoms with Gasteiger partial charge >= 0.3 is 6.09 Å². The molecule has 2 aliphatic heterocycles. The number of para-hydroxylation sites is 1. The van der Waals surface area contributed by atoms with Crippen molar-refractivity contribution in [3.05, 3.63) is 48.0 Å². The summed E-state index contributed by atoms with van der Waals surface area (Å²) in [6.45, 7) is 4.07. The van der Waals surface area contributed by atoms with Crippen molar-refractivity contribution in [1.82, 2.24) is 5.06 Å². The van der Waals surface area contributed by atoms with Gasteiger partial charge in [0.05, 0.1) is 5.69 Å². The summed E-state index contributed by atoms with van der Waals surface area (Å²) in [5.74, 6) is -1.01. The number of nitrogens with one attached hydrogen (secondary N) is 1. The van der Waals surface area contributed by atoms with Crippen molar-refractivity contribution in [2.45, 2.75) is 39.0 Å². The van der Waals surface area contributed by atoms with Crippen molar-refractivity contribution in [3.63, 3.8) is 0 Å². The van der Waals surface area contributed by atoms with E-state index in [1.54, 1.807) is 6.07 Å². The Balaban J connectivity index is 1.63. The molecule has 0 unspecified atom stereocenters. The lowest BCUT2D eigenvalue weighted by atomic mass is 9.95. The zero-order chi connectivity index (χ0) is 21.1. The molecule has 1 N–H and O–H groups in total. The van der Waals surface area contributed by atoms with E-state index in [0.29, 0.717) is 10.8 Å². The fourth-order valence-corrected chi connectivity index (χ4v) is 4.08. The zero-order valence-corrected chi connectivity index (χ0v) is 17.0. The monoisotopic (exact) mass is 407 g/mol. The number of anilines is 2. The molecule has 2 heterocycles. The van der Waals surface area contributed by atoms with Gasteiger partial charge in [-0.25, -0.2) is 4.79 Å². The quantitative estimate of drug-likeness (QED) is 0.766. The number of carbonyl (C=O) groups excluding carboxylic acids is 3. The Morgan fingerprint density at radius 3 is 2.37 bits per heavy atom. The summed E-state index contributed by atoms with van der Waals surface area (Å²) in [5, 5.41) is 3.26. The van der Waals surface area contributed by atoms with Crippen LogP contribution in [0.4, 0.5) is 16.2 Å². The standard InChI is InChI=1S/C23H25N3O4/c1-16-8-7-11-19(25-14-5-2-6-15-25)22(16)17-9-3-4-10-18(17)24-23(29)30-26-20(27)12-13-21(26)28/h3-4,7-11H,2,5-6,12-15H2,1H3,(H,24,29). The van der Waals surface area contributed by atoms with Crippen LogP contribution in [0, 0.1) is 6.92 Å². The van der Waals surface area contributed by atoms with Gasteiger partial charge < -0.3 is 9.74 Å². The minimum Gasteiger partial charge on any atom is -0.371 e. The third-order valence-electron chi connectivity index (χ3n) is 5.56. The molecule has 156 valence electrons. The smallest absolute Gasteiger partial charge is 0.371 e. The Labute approximate surface area is 175 Å². The highest BCUT2D eigenvalue weighted by atomic mass is 16.7. The summed E-state index contributed by atoms with van der Waals surface area (Å²) in [5.41, 5.74) is 4.73. The van der Waals surface area contributed by atoms with E-state index in [-0.39, 0.29) is 12.8 Å². The number of hydrogen-bond acceptors (Lipinski definition) is 5. The van der Waals surface area contributed by atoms with E-state index < -0.39 is 17.9 Å². The van der Waals surface area contributed by atoms with Crippen molar-refractivity contribution in [3.8, 4) is 11.1 Å². The predicted molar refractivity (Wildman–Crippen MR) is 114 cm³/mol. The first-order chi connectivity index (χ1) is 14.5. The van der Waals surface area contributed by atoms with Gasteiger partial charge in [0, 0.05) is 42.7 Å². The van der Waals surface area contributed by atoms with Crippen molar-refractivity contribution in [1.29, 1.82) is 0 Å². The van der Waals surface area contributed by atoms with Gasteiger partial charge in [0.1, 0.15) is 0 Å². The lowest BCUT2D eigenvalue weighted by Gasteiger charge is -2.31. The maximum absolute atomic E-state index is 12.4. The van der Waals surface area contributed by atoms with Crippen LogP contribution in [-0.4, -0.2) is 36.1 Å². The van der Waals surface area contributed by atoms with Crippen molar-refractivity contribution < 1.29 is 19.2 Å². The number of hydrogen-bond donors (Lipinski definition) is 1. The average molecular weight is 407 g/mol. The molecule has 30 heavy (non-hydrogen) atoms. The van der Waals surface area contributed by atoms with E-state index in [0.717, 1.165) is 48.3 Å². The lowest BCUT2D eigenvalue weighted by molar-refractivity contribution is -0.170. The number of amides is 3. The number of rotatable bonds is 4. The molecule has 0 bridgehead atoms. The Bertz CT molecular complexity index is 966. The molecule has 7 nitrogen and oxygen atoms in total. The third kappa shape index (κ3) is 4.01. The molecule has 0 saturated carbocycles. The van der Waals surface area contributed by atoms with Gasteiger partial charge in [0.2, 0.25) is 0 Å². The van der Waals surface area contributed by atoms with Crippen molar-refractivity contribution in [2.24, 2.45) is 0 Å². The molecular formula is C23H25N3O4. The third-order valence-corrected chi connectivity index (χ3v) is 5.56. The molecule has 3 amide bonds. The second-order valence-electron chi connectivity index (χ2n) is 7.65. The Morgan fingerprint density at radius 1 is 0.933 bits per heavy atom. The molecular weight excluding hydrogens is 382 g/mol. The van der Waals surface area contributed by atoms with E-state index in [9.17, 15) is 14.4 Å². The molecule has 0 aromatic heterocycles. The molecule has 2 aromatic carbocycles. The van der Waals surface area contributed by atoms with Gasteiger partial charge in [-0.2, -0.15) is 0 Å². The summed E-state index contributed by atoms with van der Waals surface area (Å²) in [7, 11) is 0. The van der Waals surface area contributed by atoms with E-state index in [4.69, 9.17) is 4.84 Å². The van der Waals surface area contributed by atoms with Crippen molar-refractivity contribution in [2.75, 3.05) is 23.3 Å².